The van der Waals surface area contributed by atoms with Crippen molar-refractivity contribution < 1.29 is 5.11 Å². The lowest BCUT2D eigenvalue weighted by atomic mass is 9.95. The molecule has 15 heavy (non-hydrogen) atoms. The summed E-state index contributed by atoms with van der Waals surface area (Å²) in [5.74, 6) is 0.413. The smallest absolute Gasteiger partial charge is 0.132 e. The summed E-state index contributed by atoms with van der Waals surface area (Å²) in [6.45, 7) is 8.04. The third kappa shape index (κ3) is 2.34. The minimum Gasteiger partial charge on any atom is -0.388 e. The number of aliphatic hydroxyl groups is 1. The molecule has 1 unspecified atom stereocenters. The maximum absolute atomic E-state index is 10.1. The third-order valence-corrected chi connectivity index (χ3v) is 2.96. The molecule has 0 saturated carbocycles. The molecule has 1 rings (SSSR count). The van der Waals surface area contributed by atoms with Crippen molar-refractivity contribution >= 4 is 11.6 Å². The van der Waals surface area contributed by atoms with Crippen molar-refractivity contribution in [3.63, 3.8) is 0 Å². The van der Waals surface area contributed by atoms with E-state index in [2.05, 4.69) is 18.9 Å². The minimum absolute atomic E-state index is 0.143. The Labute approximate surface area is 96.1 Å². The summed E-state index contributed by atoms with van der Waals surface area (Å²) in [5.41, 5.74) is 1.67. The van der Waals surface area contributed by atoms with Crippen LogP contribution in [0.2, 0.25) is 5.15 Å². The number of halogens is 1. The molecule has 0 aliphatic heterocycles. The van der Waals surface area contributed by atoms with Gasteiger partial charge in [0, 0.05) is 12.6 Å². The lowest BCUT2D eigenvalue weighted by molar-refractivity contribution is 0.125. The molecule has 0 aliphatic rings. The fourth-order valence-corrected chi connectivity index (χ4v) is 1.82. The fraction of sp³-hybridized carbons (Fsp3) is 0.727. The van der Waals surface area contributed by atoms with Crippen LogP contribution in [-0.4, -0.2) is 14.9 Å². The first kappa shape index (κ1) is 12.5. The van der Waals surface area contributed by atoms with Gasteiger partial charge in [0.05, 0.1) is 11.8 Å². The molecule has 0 amide bonds. The number of nitrogens with zero attached hydrogens (tertiary/aromatic N) is 2. The van der Waals surface area contributed by atoms with Gasteiger partial charge in [0.2, 0.25) is 0 Å². The first-order chi connectivity index (χ1) is 6.86. The van der Waals surface area contributed by atoms with Crippen molar-refractivity contribution in [1.82, 2.24) is 9.78 Å². The van der Waals surface area contributed by atoms with E-state index < -0.39 is 6.10 Å². The van der Waals surface area contributed by atoms with Crippen LogP contribution in [0, 0.1) is 5.92 Å². The van der Waals surface area contributed by atoms with Gasteiger partial charge in [-0.15, -0.1) is 0 Å². The van der Waals surface area contributed by atoms with Crippen molar-refractivity contribution in [3.05, 3.63) is 16.4 Å². The summed E-state index contributed by atoms with van der Waals surface area (Å²) in [4.78, 5) is 0. The van der Waals surface area contributed by atoms with Crippen LogP contribution in [0.25, 0.3) is 0 Å². The highest BCUT2D eigenvalue weighted by Gasteiger charge is 2.25. The molecule has 0 aromatic carbocycles. The molecule has 3 nitrogen and oxygen atoms in total. The Morgan fingerprint density at radius 2 is 1.80 bits per heavy atom. The number of aromatic nitrogens is 2. The van der Waals surface area contributed by atoms with Gasteiger partial charge in [0.1, 0.15) is 5.15 Å². The molecule has 0 radical (unpaired) electrons. The highest BCUT2D eigenvalue weighted by molar-refractivity contribution is 6.30. The van der Waals surface area contributed by atoms with E-state index in [1.54, 1.807) is 11.7 Å². The first-order valence-electron chi connectivity index (χ1n) is 5.26. The molecular formula is C11H19ClN2O. The van der Waals surface area contributed by atoms with Gasteiger partial charge in [-0.1, -0.05) is 39.3 Å². The number of aryl methyl sites for hydroxylation is 1. The first-order valence-corrected chi connectivity index (χ1v) is 5.64. The fourth-order valence-electron chi connectivity index (χ4n) is 1.57. The van der Waals surface area contributed by atoms with Crippen molar-refractivity contribution in [3.8, 4) is 0 Å². The van der Waals surface area contributed by atoms with E-state index in [4.69, 9.17) is 11.6 Å². The van der Waals surface area contributed by atoms with Crippen molar-refractivity contribution in [1.29, 1.82) is 0 Å². The number of hydrogen-bond acceptors (Lipinski definition) is 2. The predicted octanol–water partition coefficient (Wildman–Crippen LogP) is 2.89. The van der Waals surface area contributed by atoms with Crippen LogP contribution in [0.4, 0.5) is 0 Å². The van der Waals surface area contributed by atoms with Gasteiger partial charge in [0.15, 0.2) is 0 Å². The summed E-state index contributed by atoms with van der Waals surface area (Å²) in [6.07, 6.45) is -0.538. The van der Waals surface area contributed by atoms with E-state index >= 15 is 0 Å². The van der Waals surface area contributed by atoms with Crippen LogP contribution in [0.5, 0.6) is 0 Å². The standard InChI is InChI=1S/C11H19ClN2O/c1-6(2)9-8(10(15)7(3)4)11(12)14(5)13-9/h6-7,10,15H,1-5H3. The van der Waals surface area contributed by atoms with Crippen LogP contribution in [0.15, 0.2) is 0 Å². The highest BCUT2D eigenvalue weighted by Crippen LogP contribution is 2.33. The minimum atomic E-state index is -0.538. The molecule has 0 aliphatic carbocycles. The lowest BCUT2D eigenvalue weighted by Gasteiger charge is -2.16. The summed E-state index contributed by atoms with van der Waals surface area (Å²) < 4.78 is 1.62. The van der Waals surface area contributed by atoms with Crippen LogP contribution in [-0.2, 0) is 7.05 Å². The quantitative estimate of drug-likeness (QED) is 0.867. The second-order valence-corrected chi connectivity index (χ2v) is 4.91. The Hall–Kier alpha value is -0.540. The Bertz CT molecular complexity index is 345. The second kappa shape index (κ2) is 4.54. The molecule has 0 spiro atoms. The molecule has 0 fully saturated rings. The highest BCUT2D eigenvalue weighted by atomic mass is 35.5. The molecule has 1 heterocycles. The van der Waals surface area contributed by atoms with Gasteiger partial charge < -0.3 is 5.11 Å². The third-order valence-electron chi connectivity index (χ3n) is 2.51. The van der Waals surface area contributed by atoms with Crippen molar-refractivity contribution in [2.45, 2.75) is 39.7 Å². The van der Waals surface area contributed by atoms with Gasteiger partial charge in [0.25, 0.3) is 0 Å². The van der Waals surface area contributed by atoms with E-state index in [9.17, 15) is 5.11 Å². The van der Waals surface area contributed by atoms with E-state index in [1.165, 1.54) is 0 Å². The van der Waals surface area contributed by atoms with E-state index in [0.29, 0.717) is 5.15 Å². The van der Waals surface area contributed by atoms with Gasteiger partial charge in [-0.25, -0.2) is 0 Å². The number of rotatable bonds is 3. The molecule has 1 aromatic rings. The predicted molar refractivity (Wildman–Crippen MR) is 62.1 cm³/mol. The summed E-state index contributed by atoms with van der Waals surface area (Å²) in [6, 6.07) is 0. The maximum Gasteiger partial charge on any atom is 0.132 e. The number of aliphatic hydroxyl groups excluding tert-OH is 1. The zero-order valence-corrected chi connectivity index (χ0v) is 10.7. The number of hydrogen-bond donors (Lipinski definition) is 1. The average Bonchev–Trinajstić information content (AvgIpc) is 2.42. The van der Waals surface area contributed by atoms with Crippen molar-refractivity contribution in [2.24, 2.45) is 13.0 Å². The Kier molecular flexibility index (Phi) is 3.79. The molecule has 1 aromatic heterocycles. The molecule has 4 heteroatoms. The SMILES string of the molecule is CC(C)c1nn(C)c(Cl)c1C(O)C(C)C. The van der Waals surface area contributed by atoms with Gasteiger partial charge in [-0.05, 0) is 11.8 Å². The normalized spacial score (nSPS) is 13.9. The molecule has 0 saturated heterocycles. The van der Waals surface area contributed by atoms with E-state index in [0.717, 1.165) is 11.3 Å². The van der Waals surface area contributed by atoms with Gasteiger partial charge in [-0.2, -0.15) is 5.10 Å². The lowest BCUT2D eigenvalue weighted by Crippen LogP contribution is -2.08. The molecule has 1 atom stereocenters. The maximum atomic E-state index is 10.1. The molecule has 0 bridgehead atoms. The van der Waals surface area contributed by atoms with Crippen LogP contribution in [0.1, 0.15) is 51.0 Å². The zero-order valence-electron chi connectivity index (χ0n) is 9.95. The average molecular weight is 231 g/mol. The molecule has 1 N–H and O–H groups in total. The zero-order chi connectivity index (χ0) is 11.7. The Morgan fingerprint density at radius 1 is 1.27 bits per heavy atom. The second-order valence-electron chi connectivity index (χ2n) is 4.56. The largest absolute Gasteiger partial charge is 0.388 e. The van der Waals surface area contributed by atoms with Gasteiger partial charge >= 0.3 is 0 Å². The summed E-state index contributed by atoms with van der Waals surface area (Å²) in [7, 11) is 1.80. The molecule has 86 valence electrons. The summed E-state index contributed by atoms with van der Waals surface area (Å²) >= 11 is 6.14. The van der Waals surface area contributed by atoms with Crippen molar-refractivity contribution in [2.75, 3.05) is 0 Å². The van der Waals surface area contributed by atoms with Gasteiger partial charge in [-0.3, -0.25) is 4.68 Å². The Morgan fingerprint density at radius 3 is 2.20 bits per heavy atom. The van der Waals surface area contributed by atoms with Crippen LogP contribution < -0.4 is 0 Å². The van der Waals surface area contributed by atoms with E-state index in [1.807, 2.05) is 13.8 Å². The molecular weight excluding hydrogens is 212 g/mol. The van der Waals surface area contributed by atoms with Crippen LogP contribution >= 0.6 is 11.6 Å². The topological polar surface area (TPSA) is 38.0 Å². The van der Waals surface area contributed by atoms with E-state index in [-0.39, 0.29) is 11.8 Å². The Balaban J connectivity index is 3.25. The van der Waals surface area contributed by atoms with Crippen LogP contribution in [0.3, 0.4) is 0 Å². The summed E-state index contributed by atoms with van der Waals surface area (Å²) in [5, 5.41) is 15.0. The monoisotopic (exact) mass is 230 g/mol.